The van der Waals surface area contributed by atoms with Crippen molar-refractivity contribution >= 4 is 40.9 Å². The molecule has 1 atom stereocenters. The van der Waals surface area contributed by atoms with Crippen molar-refractivity contribution in [3.63, 3.8) is 0 Å². The van der Waals surface area contributed by atoms with Crippen molar-refractivity contribution < 1.29 is 4.79 Å². The number of thioether (sulfide) groups is 1. The summed E-state index contributed by atoms with van der Waals surface area (Å²) in [5.41, 5.74) is 0.358. The first-order chi connectivity index (χ1) is 8.56. The van der Waals surface area contributed by atoms with Crippen LogP contribution < -0.4 is 5.32 Å². The summed E-state index contributed by atoms with van der Waals surface area (Å²) in [4.78, 5) is 11.9. The maximum absolute atomic E-state index is 11.9. The Morgan fingerprint density at radius 2 is 2.06 bits per heavy atom. The number of hydrogen-bond acceptors (Lipinski definition) is 3. The average Bonchev–Trinajstić information content (AvgIpc) is 2.32. The summed E-state index contributed by atoms with van der Waals surface area (Å²) in [6.07, 6.45) is 2.56. The predicted molar refractivity (Wildman–Crippen MR) is 76.3 cm³/mol. The maximum atomic E-state index is 11.9. The van der Waals surface area contributed by atoms with Crippen LogP contribution in [0.15, 0.2) is 18.2 Å². The van der Waals surface area contributed by atoms with E-state index in [1.54, 1.807) is 17.8 Å². The Balaban J connectivity index is 2.72. The van der Waals surface area contributed by atoms with Gasteiger partial charge < -0.3 is 5.32 Å². The van der Waals surface area contributed by atoms with Crippen molar-refractivity contribution in [1.29, 1.82) is 5.26 Å². The molecule has 1 rings (SSSR count). The minimum atomic E-state index is -0.497. The number of nitrogens with one attached hydrogen (secondary N) is 1. The fourth-order valence-corrected chi connectivity index (χ4v) is 2.33. The molecule has 6 heteroatoms. The van der Waals surface area contributed by atoms with E-state index in [0.29, 0.717) is 22.0 Å². The number of amides is 1. The van der Waals surface area contributed by atoms with Crippen LogP contribution in [0.25, 0.3) is 0 Å². The van der Waals surface area contributed by atoms with E-state index in [1.165, 1.54) is 12.1 Å². The summed E-state index contributed by atoms with van der Waals surface area (Å²) in [5.74, 6) is 0.474. The number of carbonyl (C=O) groups excluding carboxylic acids is 1. The van der Waals surface area contributed by atoms with Crippen molar-refractivity contribution in [3.8, 4) is 6.07 Å². The first kappa shape index (κ1) is 15.2. The Bertz CT molecular complexity index is 453. The highest BCUT2D eigenvalue weighted by Gasteiger charge is 2.13. The quantitative estimate of drug-likeness (QED) is 0.907. The van der Waals surface area contributed by atoms with Gasteiger partial charge in [0.1, 0.15) is 6.04 Å². The van der Waals surface area contributed by atoms with Crippen LogP contribution in [0.2, 0.25) is 10.0 Å². The summed E-state index contributed by atoms with van der Waals surface area (Å²) in [6, 6.07) is 6.15. The molecular formula is C12H12Cl2N2OS. The van der Waals surface area contributed by atoms with Gasteiger partial charge in [0.05, 0.1) is 6.07 Å². The molecule has 0 aliphatic carbocycles. The van der Waals surface area contributed by atoms with Crippen LogP contribution in [-0.4, -0.2) is 24.0 Å². The SMILES string of the molecule is CSCCC(C#N)NC(=O)c1cc(Cl)cc(Cl)c1. The monoisotopic (exact) mass is 302 g/mol. The number of halogens is 2. The molecule has 1 aromatic rings. The average molecular weight is 303 g/mol. The summed E-state index contributed by atoms with van der Waals surface area (Å²) in [6.45, 7) is 0. The predicted octanol–water partition coefficient (Wildman–Crippen LogP) is 3.37. The largest absolute Gasteiger partial charge is 0.336 e. The third-order valence-electron chi connectivity index (χ3n) is 2.20. The fraction of sp³-hybridized carbons (Fsp3) is 0.333. The molecule has 0 fully saturated rings. The van der Waals surface area contributed by atoms with Crippen LogP contribution in [0.5, 0.6) is 0 Å². The minimum absolute atomic E-state index is 0.341. The van der Waals surface area contributed by atoms with Gasteiger partial charge in [0.25, 0.3) is 5.91 Å². The van der Waals surface area contributed by atoms with Crippen LogP contribution in [0.3, 0.4) is 0 Å². The third-order valence-corrected chi connectivity index (χ3v) is 3.28. The van der Waals surface area contributed by atoms with Crippen molar-refractivity contribution in [1.82, 2.24) is 5.32 Å². The molecule has 0 aromatic heterocycles. The van der Waals surface area contributed by atoms with E-state index in [2.05, 4.69) is 11.4 Å². The van der Waals surface area contributed by atoms with Crippen molar-refractivity contribution in [2.45, 2.75) is 12.5 Å². The summed E-state index contributed by atoms with van der Waals surface area (Å²) in [5, 5.41) is 12.4. The number of benzene rings is 1. The topological polar surface area (TPSA) is 52.9 Å². The maximum Gasteiger partial charge on any atom is 0.252 e. The lowest BCUT2D eigenvalue weighted by atomic mass is 10.2. The van der Waals surface area contributed by atoms with Gasteiger partial charge in [-0.3, -0.25) is 4.79 Å². The molecule has 0 radical (unpaired) electrons. The Kier molecular flexibility index (Phi) is 6.34. The highest BCUT2D eigenvalue weighted by Crippen LogP contribution is 2.19. The van der Waals surface area contributed by atoms with Crippen LogP contribution in [-0.2, 0) is 0 Å². The molecule has 0 heterocycles. The van der Waals surface area contributed by atoms with E-state index in [1.807, 2.05) is 6.26 Å². The molecule has 0 bridgehead atoms. The molecule has 0 saturated carbocycles. The van der Waals surface area contributed by atoms with Gasteiger partial charge in [-0.25, -0.2) is 0 Å². The first-order valence-electron chi connectivity index (χ1n) is 5.22. The van der Waals surface area contributed by atoms with E-state index in [-0.39, 0.29) is 5.91 Å². The van der Waals surface area contributed by atoms with Gasteiger partial charge in [0.15, 0.2) is 0 Å². The van der Waals surface area contributed by atoms with E-state index >= 15 is 0 Å². The number of hydrogen-bond donors (Lipinski definition) is 1. The zero-order valence-electron chi connectivity index (χ0n) is 9.74. The highest BCUT2D eigenvalue weighted by atomic mass is 35.5. The van der Waals surface area contributed by atoms with Gasteiger partial charge >= 0.3 is 0 Å². The highest BCUT2D eigenvalue weighted by molar-refractivity contribution is 7.98. The van der Waals surface area contributed by atoms with E-state index in [9.17, 15) is 4.79 Å². The van der Waals surface area contributed by atoms with Gasteiger partial charge in [-0.05, 0) is 36.6 Å². The Labute approximate surface area is 120 Å². The molecule has 0 aliphatic rings. The molecule has 96 valence electrons. The second kappa shape index (κ2) is 7.52. The van der Waals surface area contributed by atoms with Gasteiger partial charge in [0, 0.05) is 15.6 Å². The van der Waals surface area contributed by atoms with Crippen molar-refractivity contribution in [2.75, 3.05) is 12.0 Å². The van der Waals surface area contributed by atoms with Gasteiger partial charge in [-0.1, -0.05) is 23.2 Å². The minimum Gasteiger partial charge on any atom is -0.336 e. The third kappa shape index (κ3) is 4.77. The van der Waals surface area contributed by atoms with Crippen LogP contribution in [0.1, 0.15) is 16.8 Å². The van der Waals surface area contributed by atoms with Crippen LogP contribution >= 0.6 is 35.0 Å². The molecule has 1 aromatic carbocycles. The number of rotatable bonds is 5. The summed E-state index contributed by atoms with van der Waals surface area (Å²) < 4.78 is 0. The van der Waals surface area contributed by atoms with Crippen molar-refractivity contribution in [2.24, 2.45) is 0 Å². The lowest BCUT2D eigenvalue weighted by Crippen LogP contribution is -2.34. The van der Waals surface area contributed by atoms with Gasteiger partial charge in [-0.15, -0.1) is 0 Å². The molecule has 3 nitrogen and oxygen atoms in total. The fourth-order valence-electron chi connectivity index (χ4n) is 1.33. The lowest BCUT2D eigenvalue weighted by Gasteiger charge is -2.11. The van der Waals surface area contributed by atoms with Crippen molar-refractivity contribution in [3.05, 3.63) is 33.8 Å². The van der Waals surface area contributed by atoms with E-state index in [4.69, 9.17) is 28.5 Å². The second-order valence-corrected chi connectivity index (χ2v) is 5.45. The Morgan fingerprint density at radius 3 is 2.56 bits per heavy atom. The Morgan fingerprint density at radius 1 is 1.44 bits per heavy atom. The zero-order chi connectivity index (χ0) is 13.5. The van der Waals surface area contributed by atoms with Crippen LogP contribution in [0.4, 0.5) is 0 Å². The zero-order valence-corrected chi connectivity index (χ0v) is 12.1. The first-order valence-corrected chi connectivity index (χ1v) is 7.37. The van der Waals surface area contributed by atoms with Crippen LogP contribution in [0, 0.1) is 11.3 Å². The number of nitriles is 1. The molecule has 1 N–H and O–H groups in total. The summed E-state index contributed by atoms with van der Waals surface area (Å²) in [7, 11) is 0. The molecule has 1 amide bonds. The molecule has 0 saturated heterocycles. The van der Waals surface area contributed by atoms with E-state index in [0.717, 1.165) is 5.75 Å². The number of nitrogens with zero attached hydrogens (tertiary/aromatic N) is 1. The van der Waals surface area contributed by atoms with E-state index < -0.39 is 6.04 Å². The smallest absolute Gasteiger partial charge is 0.252 e. The van der Waals surface area contributed by atoms with Gasteiger partial charge in [-0.2, -0.15) is 17.0 Å². The Hall–Kier alpha value is -0.890. The molecule has 1 unspecified atom stereocenters. The molecule has 18 heavy (non-hydrogen) atoms. The summed E-state index contributed by atoms with van der Waals surface area (Å²) >= 11 is 13.3. The lowest BCUT2D eigenvalue weighted by molar-refractivity contribution is 0.0945. The standard InChI is InChI=1S/C12H12Cl2N2OS/c1-18-3-2-11(7-15)16-12(17)8-4-9(13)6-10(14)5-8/h4-6,11H,2-3H2,1H3,(H,16,17). The molecule has 0 aliphatic heterocycles. The molecular weight excluding hydrogens is 291 g/mol. The van der Waals surface area contributed by atoms with Gasteiger partial charge in [0.2, 0.25) is 0 Å². The molecule has 0 spiro atoms. The number of carbonyl (C=O) groups is 1. The second-order valence-electron chi connectivity index (χ2n) is 3.59. The normalized spacial score (nSPS) is 11.7.